The molecule has 21 heavy (non-hydrogen) atoms. The van der Waals surface area contributed by atoms with E-state index in [1.807, 2.05) is 48.5 Å². The summed E-state index contributed by atoms with van der Waals surface area (Å²) in [6.07, 6.45) is 1.77. The summed E-state index contributed by atoms with van der Waals surface area (Å²) < 4.78 is 0. The summed E-state index contributed by atoms with van der Waals surface area (Å²) in [6, 6.07) is 15.7. The van der Waals surface area contributed by atoms with Crippen molar-refractivity contribution in [3.8, 4) is 0 Å². The van der Waals surface area contributed by atoms with Gasteiger partial charge in [0.05, 0.1) is 22.9 Å². The van der Waals surface area contributed by atoms with E-state index < -0.39 is 0 Å². The van der Waals surface area contributed by atoms with Crippen LogP contribution >= 0.6 is 11.6 Å². The van der Waals surface area contributed by atoms with Crippen LogP contribution in [0.5, 0.6) is 0 Å². The van der Waals surface area contributed by atoms with E-state index in [4.69, 9.17) is 17.3 Å². The molecule has 1 aromatic heterocycles. The van der Waals surface area contributed by atoms with Gasteiger partial charge in [0.25, 0.3) is 0 Å². The first-order valence-corrected chi connectivity index (χ1v) is 7.19. The number of anilines is 2. The summed E-state index contributed by atoms with van der Waals surface area (Å²) in [6.45, 7) is 2.06. The fourth-order valence-electron chi connectivity index (χ4n) is 2.44. The van der Waals surface area contributed by atoms with Crippen molar-refractivity contribution >= 4 is 33.9 Å². The van der Waals surface area contributed by atoms with Crippen LogP contribution in [0, 0.1) is 0 Å². The van der Waals surface area contributed by atoms with Crippen LogP contribution in [-0.2, 0) is 0 Å². The van der Waals surface area contributed by atoms with Gasteiger partial charge in [-0.05, 0) is 42.8 Å². The molecule has 0 aliphatic heterocycles. The van der Waals surface area contributed by atoms with E-state index in [9.17, 15) is 0 Å². The van der Waals surface area contributed by atoms with Crippen LogP contribution in [0.2, 0.25) is 5.02 Å². The molecular weight excluding hydrogens is 282 g/mol. The number of halogens is 1. The molecule has 0 bridgehead atoms. The molecule has 0 aliphatic rings. The first-order valence-electron chi connectivity index (χ1n) is 6.81. The summed E-state index contributed by atoms with van der Waals surface area (Å²) in [7, 11) is 0. The Morgan fingerprint density at radius 3 is 2.71 bits per heavy atom. The first-order chi connectivity index (χ1) is 10.2. The molecule has 2 aromatic carbocycles. The average molecular weight is 298 g/mol. The van der Waals surface area contributed by atoms with Gasteiger partial charge in [0.1, 0.15) is 0 Å². The third kappa shape index (κ3) is 2.65. The molecular formula is C17H16ClN3. The van der Waals surface area contributed by atoms with Crippen molar-refractivity contribution in [2.45, 2.75) is 13.0 Å². The van der Waals surface area contributed by atoms with Crippen molar-refractivity contribution in [1.82, 2.24) is 4.98 Å². The van der Waals surface area contributed by atoms with Gasteiger partial charge in [-0.1, -0.05) is 29.8 Å². The molecule has 0 spiro atoms. The zero-order valence-electron chi connectivity index (χ0n) is 11.7. The molecule has 1 unspecified atom stereocenters. The maximum Gasteiger partial charge on any atom is 0.0724 e. The molecule has 0 radical (unpaired) electrons. The highest BCUT2D eigenvalue weighted by atomic mass is 35.5. The van der Waals surface area contributed by atoms with Gasteiger partial charge in [-0.15, -0.1) is 0 Å². The lowest BCUT2D eigenvalue weighted by Gasteiger charge is -2.19. The summed E-state index contributed by atoms with van der Waals surface area (Å²) in [5, 5.41) is 5.12. The van der Waals surface area contributed by atoms with Gasteiger partial charge in [0.15, 0.2) is 0 Å². The highest BCUT2D eigenvalue weighted by Crippen LogP contribution is 2.31. The normalized spacial score (nSPS) is 12.3. The molecule has 106 valence electrons. The summed E-state index contributed by atoms with van der Waals surface area (Å²) in [4.78, 5) is 4.31. The molecule has 3 N–H and O–H groups in total. The number of nitrogen functional groups attached to an aromatic ring is 1. The van der Waals surface area contributed by atoms with E-state index in [2.05, 4.69) is 17.2 Å². The Morgan fingerprint density at radius 1 is 1.10 bits per heavy atom. The zero-order chi connectivity index (χ0) is 14.8. The van der Waals surface area contributed by atoms with Crippen LogP contribution in [0.25, 0.3) is 10.9 Å². The Balaban J connectivity index is 1.95. The maximum absolute atomic E-state index is 6.25. The molecule has 1 atom stereocenters. The standard InChI is InChI=1S/C17H16ClN3/c1-11(12-5-2-3-7-14(12)18)21-16-9-8-15-13(17(16)19)6-4-10-20-15/h2-11,21H,19H2,1H3. The van der Waals surface area contributed by atoms with Crippen molar-refractivity contribution in [1.29, 1.82) is 0 Å². The van der Waals surface area contributed by atoms with E-state index >= 15 is 0 Å². The van der Waals surface area contributed by atoms with Gasteiger partial charge in [-0.25, -0.2) is 0 Å². The van der Waals surface area contributed by atoms with Crippen LogP contribution in [0.1, 0.15) is 18.5 Å². The highest BCUT2D eigenvalue weighted by molar-refractivity contribution is 6.31. The van der Waals surface area contributed by atoms with Crippen molar-refractivity contribution in [3.63, 3.8) is 0 Å². The third-order valence-corrected chi connectivity index (χ3v) is 3.91. The number of nitrogens with two attached hydrogens (primary N) is 1. The van der Waals surface area contributed by atoms with Crippen molar-refractivity contribution in [2.75, 3.05) is 11.1 Å². The van der Waals surface area contributed by atoms with E-state index in [-0.39, 0.29) is 6.04 Å². The van der Waals surface area contributed by atoms with Crippen LogP contribution in [0.4, 0.5) is 11.4 Å². The number of nitrogens with zero attached hydrogens (tertiary/aromatic N) is 1. The number of nitrogens with one attached hydrogen (secondary N) is 1. The SMILES string of the molecule is CC(Nc1ccc2ncccc2c1N)c1ccccc1Cl. The first kappa shape index (κ1) is 13.7. The smallest absolute Gasteiger partial charge is 0.0724 e. The number of fused-ring (bicyclic) bond motifs is 1. The number of aromatic nitrogens is 1. The number of hydrogen-bond donors (Lipinski definition) is 2. The lowest BCUT2D eigenvalue weighted by molar-refractivity contribution is 0.886. The lowest BCUT2D eigenvalue weighted by atomic mass is 10.1. The fraction of sp³-hybridized carbons (Fsp3) is 0.118. The minimum atomic E-state index is 0.0649. The predicted molar refractivity (Wildman–Crippen MR) is 89.6 cm³/mol. The molecule has 0 saturated carbocycles. The minimum absolute atomic E-state index is 0.0649. The summed E-state index contributed by atoms with van der Waals surface area (Å²) in [5.74, 6) is 0. The molecule has 1 heterocycles. The van der Waals surface area contributed by atoms with Gasteiger partial charge < -0.3 is 11.1 Å². The molecule has 0 amide bonds. The van der Waals surface area contributed by atoms with E-state index in [0.717, 1.165) is 27.2 Å². The zero-order valence-corrected chi connectivity index (χ0v) is 12.4. The van der Waals surface area contributed by atoms with E-state index in [1.165, 1.54) is 0 Å². The van der Waals surface area contributed by atoms with Gasteiger partial charge >= 0.3 is 0 Å². The van der Waals surface area contributed by atoms with Crippen LogP contribution in [0.15, 0.2) is 54.7 Å². The molecule has 0 fully saturated rings. The summed E-state index contributed by atoms with van der Waals surface area (Å²) >= 11 is 6.24. The molecule has 3 rings (SSSR count). The monoisotopic (exact) mass is 297 g/mol. The van der Waals surface area contributed by atoms with E-state index in [0.29, 0.717) is 5.69 Å². The maximum atomic E-state index is 6.25. The lowest BCUT2D eigenvalue weighted by Crippen LogP contribution is -2.09. The molecule has 3 aromatic rings. The molecule has 0 aliphatic carbocycles. The number of hydrogen-bond acceptors (Lipinski definition) is 3. The highest BCUT2D eigenvalue weighted by Gasteiger charge is 2.11. The van der Waals surface area contributed by atoms with Gasteiger partial charge in [0.2, 0.25) is 0 Å². The number of pyridine rings is 1. The predicted octanol–water partition coefficient (Wildman–Crippen LogP) is 4.64. The van der Waals surface area contributed by atoms with Gasteiger partial charge in [-0.2, -0.15) is 0 Å². The molecule has 3 nitrogen and oxygen atoms in total. The third-order valence-electron chi connectivity index (χ3n) is 3.57. The number of benzene rings is 2. The van der Waals surface area contributed by atoms with Crippen LogP contribution in [0.3, 0.4) is 0 Å². The minimum Gasteiger partial charge on any atom is -0.397 e. The summed E-state index contributed by atoms with van der Waals surface area (Å²) in [5.41, 5.74) is 9.79. The van der Waals surface area contributed by atoms with Gasteiger partial charge in [0, 0.05) is 16.6 Å². The molecule has 0 saturated heterocycles. The van der Waals surface area contributed by atoms with Crippen LogP contribution in [-0.4, -0.2) is 4.98 Å². The second-order valence-electron chi connectivity index (χ2n) is 4.98. The second-order valence-corrected chi connectivity index (χ2v) is 5.39. The Labute approximate surface area is 128 Å². The largest absolute Gasteiger partial charge is 0.397 e. The van der Waals surface area contributed by atoms with Crippen LogP contribution < -0.4 is 11.1 Å². The van der Waals surface area contributed by atoms with Gasteiger partial charge in [-0.3, -0.25) is 4.98 Å². The Hall–Kier alpha value is -2.26. The number of rotatable bonds is 3. The van der Waals surface area contributed by atoms with Crippen molar-refractivity contribution < 1.29 is 0 Å². The second kappa shape index (κ2) is 5.62. The topological polar surface area (TPSA) is 50.9 Å². The fourth-order valence-corrected chi connectivity index (χ4v) is 2.74. The van der Waals surface area contributed by atoms with Crippen molar-refractivity contribution in [3.05, 3.63) is 65.3 Å². The van der Waals surface area contributed by atoms with Crippen molar-refractivity contribution in [2.24, 2.45) is 0 Å². The Kier molecular flexibility index (Phi) is 3.67. The average Bonchev–Trinajstić information content (AvgIpc) is 2.51. The molecule has 4 heteroatoms. The Bertz CT molecular complexity index is 786. The Morgan fingerprint density at radius 2 is 1.90 bits per heavy atom. The van der Waals surface area contributed by atoms with E-state index in [1.54, 1.807) is 6.20 Å². The quantitative estimate of drug-likeness (QED) is 0.692.